The molecular weight excluding hydrogens is 210 g/mol. The fourth-order valence-corrected chi connectivity index (χ4v) is 3.13. The maximum Gasteiger partial charge on any atom is 0.312 e. The molecule has 4 heteroatoms. The van der Waals surface area contributed by atoms with Crippen LogP contribution in [0.3, 0.4) is 0 Å². The van der Waals surface area contributed by atoms with Gasteiger partial charge in [-0.25, -0.2) is 4.98 Å². The highest BCUT2D eigenvalue weighted by Crippen LogP contribution is 2.29. The summed E-state index contributed by atoms with van der Waals surface area (Å²) in [7, 11) is 1.41. The summed E-state index contributed by atoms with van der Waals surface area (Å²) < 4.78 is 4.64. The van der Waals surface area contributed by atoms with Crippen LogP contribution in [0.2, 0.25) is 0 Å². The second kappa shape index (κ2) is 4.31. The van der Waals surface area contributed by atoms with Gasteiger partial charge in [0.05, 0.1) is 19.2 Å². The molecule has 3 nitrogen and oxygen atoms in total. The highest BCUT2D eigenvalue weighted by molar-refractivity contribution is 7.11. The maximum absolute atomic E-state index is 11.1. The molecule has 0 aromatic carbocycles. The summed E-state index contributed by atoms with van der Waals surface area (Å²) in [6, 6.07) is 0. The number of aryl methyl sites for hydroxylation is 1. The predicted molar refractivity (Wildman–Crippen MR) is 59.0 cm³/mol. The molecule has 0 saturated heterocycles. The van der Waals surface area contributed by atoms with Gasteiger partial charge in [-0.05, 0) is 25.2 Å². The van der Waals surface area contributed by atoms with Gasteiger partial charge in [0, 0.05) is 4.88 Å². The number of hydrogen-bond donors (Lipinski definition) is 0. The lowest BCUT2D eigenvalue weighted by Gasteiger charge is -2.15. The monoisotopic (exact) mass is 225 g/mol. The van der Waals surface area contributed by atoms with Gasteiger partial charge in [0.2, 0.25) is 0 Å². The quantitative estimate of drug-likeness (QED) is 0.722. The van der Waals surface area contributed by atoms with Crippen molar-refractivity contribution in [3.63, 3.8) is 0 Å². The number of aromatic nitrogens is 1. The molecular formula is C11H15NO2S. The third-order valence-corrected chi connectivity index (χ3v) is 3.87. The summed E-state index contributed by atoms with van der Waals surface area (Å²) in [6.45, 7) is 2.27. The zero-order valence-electron chi connectivity index (χ0n) is 9.08. The Bertz CT molecular complexity index is 373. The van der Waals surface area contributed by atoms with Gasteiger partial charge in [0.25, 0.3) is 0 Å². The van der Waals surface area contributed by atoms with Crippen LogP contribution in [0.15, 0.2) is 0 Å². The molecule has 1 atom stereocenters. The van der Waals surface area contributed by atoms with E-state index in [1.165, 1.54) is 24.1 Å². The van der Waals surface area contributed by atoms with Gasteiger partial charge in [0.15, 0.2) is 0 Å². The zero-order chi connectivity index (χ0) is 10.8. The standard InChI is InChI=1S/C11H15NO2S/c1-7-3-4-8-9(5-7)15-10(12-8)6-11(13)14-2/h7H,3-6H2,1-2H3. The SMILES string of the molecule is COC(=O)Cc1nc2c(s1)CC(C)CC2. The summed E-state index contributed by atoms with van der Waals surface area (Å²) >= 11 is 1.67. The first kappa shape index (κ1) is 10.6. The summed E-state index contributed by atoms with van der Waals surface area (Å²) in [5, 5.41) is 0.904. The van der Waals surface area contributed by atoms with Crippen molar-refractivity contribution < 1.29 is 9.53 Å². The summed E-state index contributed by atoms with van der Waals surface area (Å²) in [6.07, 6.45) is 3.72. The lowest BCUT2D eigenvalue weighted by Crippen LogP contribution is -2.09. The molecule has 0 fully saturated rings. The fourth-order valence-electron chi connectivity index (χ4n) is 1.86. The number of esters is 1. The smallest absolute Gasteiger partial charge is 0.312 e. The van der Waals surface area contributed by atoms with Gasteiger partial charge in [0.1, 0.15) is 5.01 Å². The number of methoxy groups -OCH3 is 1. The zero-order valence-corrected chi connectivity index (χ0v) is 9.89. The number of carbonyl (C=O) groups is 1. The van der Waals surface area contributed by atoms with Crippen LogP contribution in [0, 0.1) is 5.92 Å². The molecule has 0 saturated carbocycles. The van der Waals surface area contributed by atoms with Crippen LogP contribution in [0.25, 0.3) is 0 Å². The second-order valence-electron chi connectivity index (χ2n) is 4.08. The lowest BCUT2D eigenvalue weighted by molar-refractivity contribution is -0.139. The Morgan fingerprint density at radius 3 is 3.20 bits per heavy atom. The van der Waals surface area contributed by atoms with Crippen LogP contribution in [0.4, 0.5) is 0 Å². The number of hydrogen-bond acceptors (Lipinski definition) is 4. The highest BCUT2D eigenvalue weighted by Gasteiger charge is 2.20. The van der Waals surface area contributed by atoms with Crippen LogP contribution in [0.1, 0.15) is 28.9 Å². The molecule has 1 unspecified atom stereocenters. The largest absolute Gasteiger partial charge is 0.469 e. The van der Waals surface area contributed by atoms with E-state index in [0.29, 0.717) is 6.42 Å². The van der Waals surface area contributed by atoms with Crippen molar-refractivity contribution in [1.82, 2.24) is 4.98 Å². The van der Waals surface area contributed by atoms with E-state index in [1.54, 1.807) is 11.3 Å². The van der Waals surface area contributed by atoms with Gasteiger partial charge in [-0.2, -0.15) is 0 Å². The van der Waals surface area contributed by atoms with E-state index < -0.39 is 0 Å². The first-order valence-electron chi connectivity index (χ1n) is 5.23. The first-order chi connectivity index (χ1) is 7.19. The van der Waals surface area contributed by atoms with Crippen molar-refractivity contribution in [2.45, 2.75) is 32.6 Å². The van der Waals surface area contributed by atoms with Gasteiger partial charge < -0.3 is 4.74 Å². The molecule has 0 spiro atoms. The number of thiazole rings is 1. The molecule has 1 heterocycles. The van der Waals surface area contributed by atoms with Crippen molar-refractivity contribution in [2.75, 3.05) is 7.11 Å². The number of ether oxygens (including phenoxy) is 1. The van der Waals surface area contributed by atoms with Gasteiger partial charge in [-0.3, -0.25) is 4.79 Å². The van der Waals surface area contributed by atoms with E-state index in [-0.39, 0.29) is 5.97 Å². The molecule has 0 aliphatic heterocycles. The van der Waals surface area contributed by atoms with E-state index in [4.69, 9.17) is 0 Å². The van der Waals surface area contributed by atoms with E-state index in [1.807, 2.05) is 0 Å². The Labute approximate surface area is 93.5 Å². The van der Waals surface area contributed by atoms with E-state index in [9.17, 15) is 4.79 Å². The minimum atomic E-state index is -0.200. The highest BCUT2D eigenvalue weighted by atomic mass is 32.1. The topological polar surface area (TPSA) is 39.2 Å². The van der Waals surface area contributed by atoms with E-state index in [2.05, 4.69) is 16.6 Å². The Morgan fingerprint density at radius 1 is 1.67 bits per heavy atom. The molecule has 0 bridgehead atoms. The Kier molecular flexibility index (Phi) is 3.05. The predicted octanol–water partition coefficient (Wildman–Crippen LogP) is 1.98. The summed E-state index contributed by atoms with van der Waals surface area (Å²) in [4.78, 5) is 17.0. The van der Waals surface area contributed by atoms with Crippen molar-refractivity contribution in [2.24, 2.45) is 5.92 Å². The summed E-state index contributed by atoms with van der Waals surface area (Å²) in [5.41, 5.74) is 1.21. The number of rotatable bonds is 2. The van der Waals surface area contributed by atoms with Crippen LogP contribution in [0.5, 0.6) is 0 Å². The Balaban J connectivity index is 2.12. The molecule has 1 aliphatic rings. The van der Waals surface area contributed by atoms with E-state index in [0.717, 1.165) is 23.8 Å². The third kappa shape index (κ3) is 2.37. The molecule has 15 heavy (non-hydrogen) atoms. The molecule has 82 valence electrons. The van der Waals surface area contributed by atoms with E-state index >= 15 is 0 Å². The number of carbonyl (C=O) groups excluding carboxylic acids is 1. The molecule has 2 rings (SSSR count). The number of nitrogens with zero attached hydrogens (tertiary/aromatic N) is 1. The molecule has 0 N–H and O–H groups in total. The first-order valence-corrected chi connectivity index (χ1v) is 6.05. The lowest BCUT2D eigenvalue weighted by atomic mass is 9.93. The number of fused-ring (bicyclic) bond motifs is 1. The van der Waals surface area contributed by atoms with Crippen molar-refractivity contribution in [1.29, 1.82) is 0 Å². The summed E-state index contributed by atoms with van der Waals surface area (Å²) in [5.74, 6) is 0.554. The Morgan fingerprint density at radius 2 is 2.47 bits per heavy atom. The minimum absolute atomic E-state index is 0.200. The average Bonchev–Trinajstić information content (AvgIpc) is 2.59. The fraction of sp³-hybridized carbons (Fsp3) is 0.636. The molecule has 1 aromatic rings. The van der Waals surface area contributed by atoms with Crippen LogP contribution >= 0.6 is 11.3 Å². The maximum atomic E-state index is 11.1. The van der Waals surface area contributed by atoms with Crippen molar-refractivity contribution in [3.05, 3.63) is 15.6 Å². The van der Waals surface area contributed by atoms with Crippen molar-refractivity contribution in [3.8, 4) is 0 Å². The van der Waals surface area contributed by atoms with Gasteiger partial charge >= 0.3 is 5.97 Å². The van der Waals surface area contributed by atoms with Crippen LogP contribution in [-0.2, 0) is 28.8 Å². The van der Waals surface area contributed by atoms with Crippen LogP contribution < -0.4 is 0 Å². The molecule has 0 amide bonds. The third-order valence-electron chi connectivity index (χ3n) is 2.75. The molecule has 1 aliphatic carbocycles. The second-order valence-corrected chi connectivity index (χ2v) is 5.25. The molecule has 1 aromatic heterocycles. The van der Waals surface area contributed by atoms with Crippen LogP contribution in [-0.4, -0.2) is 18.1 Å². The van der Waals surface area contributed by atoms with Gasteiger partial charge in [-0.15, -0.1) is 11.3 Å². The Hall–Kier alpha value is -0.900. The minimum Gasteiger partial charge on any atom is -0.469 e. The van der Waals surface area contributed by atoms with Gasteiger partial charge in [-0.1, -0.05) is 6.92 Å². The average molecular weight is 225 g/mol. The molecule has 0 radical (unpaired) electrons. The normalized spacial score (nSPS) is 19.7. The van der Waals surface area contributed by atoms with Crippen molar-refractivity contribution >= 4 is 17.3 Å².